The van der Waals surface area contributed by atoms with Gasteiger partial charge in [-0.05, 0) is 77.9 Å². The van der Waals surface area contributed by atoms with Crippen molar-refractivity contribution in [2.45, 2.75) is 44.8 Å². The molecule has 0 aliphatic heterocycles. The minimum atomic E-state index is 0.00553. The highest BCUT2D eigenvalue weighted by atomic mass is 16.5. The first kappa shape index (κ1) is 19.7. The van der Waals surface area contributed by atoms with Crippen LogP contribution in [0.15, 0.2) is 59.4 Å². The smallest absolute Gasteiger partial charge is 0.250 e. The van der Waals surface area contributed by atoms with Gasteiger partial charge in [0.15, 0.2) is 0 Å². The van der Waals surface area contributed by atoms with Crippen LogP contribution in [0.2, 0.25) is 0 Å². The van der Waals surface area contributed by atoms with E-state index in [9.17, 15) is 4.79 Å². The second-order valence-electron chi connectivity index (χ2n) is 8.24. The van der Waals surface area contributed by atoms with Gasteiger partial charge in [0.25, 0.3) is 5.56 Å². The lowest BCUT2D eigenvalue weighted by molar-refractivity contribution is 0.0493. The van der Waals surface area contributed by atoms with E-state index in [0.29, 0.717) is 24.5 Å². The molecule has 3 aromatic rings. The van der Waals surface area contributed by atoms with E-state index in [4.69, 9.17) is 9.47 Å². The van der Waals surface area contributed by atoms with Crippen LogP contribution >= 0.6 is 0 Å². The number of methoxy groups -OCH3 is 1. The molecule has 0 radical (unpaired) electrons. The van der Waals surface area contributed by atoms with Gasteiger partial charge in [0.05, 0.1) is 11.6 Å². The second-order valence-corrected chi connectivity index (χ2v) is 8.24. The number of rotatable bonds is 5. The standard InChI is InChI=1S/C25H29NO3/c1-17-7-10-21(28-3)15-23(17)19-5-4-6-22(14-19)29-16-18-8-11-24-20(13-18)9-12-25(27)26(24)2/h4-6,8-9,11-14,17,21,23H,7,10,15-16H2,1-3H3. The van der Waals surface area contributed by atoms with E-state index < -0.39 is 0 Å². The van der Waals surface area contributed by atoms with Crippen LogP contribution in [-0.4, -0.2) is 17.8 Å². The number of aromatic nitrogens is 1. The number of nitrogens with zero attached hydrogens (tertiary/aromatic N) is 1. The molecule has 29 heavy (non-hydrogen) atoms. The summed E-state index contributed by atoms with van der Waals surface area (Å²) in [6, 6.07) is 18.1. The molecule has 1 aromatic heterocycles. The zero-order valence-corrected chi connectivity index (χ0v) is 17.4. The summed E-state index contributed by atoms with van der Waals surface area (Å²) in [5.41, 5.74) is 3.37. The molecule has 3 atom stereocenters. The Morgan fingerprint density at radius 3 is 2.76 bits per heavy atom. The first-order valence-corrected chi connectivity index (χ1v) is 10.4. The van der Waals surface area contributed by atoms with Crippen molar-refractivity contribution in [3.63, 3.8) is 0 Å². The molecule has 0 saturated heterocycles. The van der Waals surface area contributed by atoms with Crippen LogP contribution in [0.3, 0.4) is 0 Å². The van der Waals surface area contributed by atoms with E-state index in [1.165, 1.54) is 12.0 Å². The molecule has 0 bridgehead atoms. The highest BCUT2D eigenvalue weighted by Gasteiger charge is 2.29. The third kappa shape index (κ3) is 4.23. The third-order valence-electron chi connectivity index (χ3n) is 6.36. The summed E-state index contributed by atoms with van der Waals surface area (Å²) in [6.07, 6.45) is 3.78. The maximum Gasteiger partial charge on any atom is 0.250 e. The highest BCUT2D eigenvalue weighted by Crippen LogP contribution is 2.39. The van der Waals surface area contributed by atoms with Gasteiger partial charge < -0.3 is 14.0 Å². The minimum Gasteiger partial charge on any atom is -0.489 e. The molecule has 0 spiro atoms. The van der Waals surface area contributed by atoms with E-state index in [-0.39, 0.29) is 5.56 Å². The topological polar surface area (TPSA) is 40.5 Å². The fourth-order valence-corrected chi connectivity index (χ4v) is 4.49. The maximum absolute atomic E-state index is 11.8. The van der Waals surface area contributed by atoms with Crippen molar-refractivity contribution in [2.75, 3.05) is 7.11 Å². The first-order chi connectivity index (χ1) is 14.0. The zero-order chi connectivity index (χ0) is 20.4. The molecule has 4 rings (SSSR count). The van der Waals surface area contributed by atoms with Gasteiger partial charge in [-0.3, -0.25) is 4.79 Å². The van der Waals surface area contributed by atoms with Crippen LogP contribution < -0.4 is 10.3 Å². The minimum absolute atomic E-state index is 0.00553. The van der Waals surface area contributed by atoms with E-state index in [1.807, 2.05) is 31.4 Å². The van der Waals surface area contributed by atoms with Crippen molar-refractivity contribution in [3.05, 3.63) is 76.1 Å². The van der Waals surface area contributed by atoms with Crippen LogP contribution in [0.1, 0.15) is 43.2 Å². The largest absolute Gasteiger partial charge is 0.489 e. The summed E-state index contributed by atoms with van der Waals surface area (Å²) in [4.78, 5) is 11.8. The molecular weight excluding hydrogens is 362 g/mol. The van der Waals surface area contributed by atoms with Crippen molar-refractivity contribution < 1.29 is 9.47 Å². The molecular formula is C25H29NO3. The molecule has 0 amide bonds. The number of benzene rings is 2. The Bertz CT molecular complexity index is 1060. The van der Waals surface area contributed by atoms with Crippen LogP contribution in [0.25, 0.3) is 10.9 Å². The van der Waals surface area contributed by atoms with Crippen molar-refractivity contribution in [3.8, 4) is 5.75 Å². The monoisotopic (exact) mass is 391 g/mol. The normalized spacial score (nSPS) is 22.0. The summed E-state index contributed by atoms with van der Waals surface area (Å²) in [5.74, 6) is 2.07. The molecule has 0 N–H and O–H groups in total. The SMILES string of the molecule is COC1CCC(C)C(c2cccc(OCc3ccc4c(ccc(=O)n4C)c3)c2)C1. The number of hydrogen-bond acceptors (Lipinski definition) is 3. The van der Waals surface area contributed by atoms with Crippen LogP contribution in [0.5, 0.6) is 5.75 Å². The molecule has 1 fully saturated rings. The summed E-state index contributed by atoms with van der Waals surface area (Å²) in [5, 5.41) is 1.04. The van der Waals surface area contributed by atoms with Gasteiger partial charge in [-0.2, -0.15) is 0 Å². The van der Waals surface area contributed by atoms with Crippen LogP contribution in [-0.2, 0) is 18.4 Å². The Kier molecular flexibility index (Phi) is 5.72. The summed E-state index contributed by atoms with van der Waals surface area (Å²) >= 11 is 0. The molecule has 1 aliphatic carbocycles. The van der Waals surface area contributed by atoms with Crippen LogP contribution in [0.4, 0.5) is 0 Å². The van der Waals surface area contributed by atoms with E-state index in [1.54, 1.807) is 17.7 Å². The van der Waals surface area contributed by atoms with Gasteiger partial charge in [0.2, 0.25) is 0 Å². The fourth-order valence-electron chi connectivity index (χ4n) is 4.49. The molecule has 1 heterocycles. The predicted molar refractivity (Wildman–Crippen MR) is 117 cm³/mol. The van der Waals surface area contributed by atoms with Crippen molar-refractivity contribution in [1.82, 2.24) is 4.57 Å². The van der Waals surface area contributed by atoms with Crippen molar-refractivity contribution in [1.29, 1.82) is 0 Å². The summed E-state index contributed by atoms with van der Waals surface area (Å²) < 4.78 is 13.4. The van der Waals surface area contributed by atoms with Crippen molar-refractivity contribution >= 4 is 10.9 Å². The Balaban J connectivity index is 1.49. The third-order valence-corrected chi connectivity index (χ3v) is 6.36. The molecule has 3 unspecified atom stereocenters. The second kappa shape index (κ2) is 8.42. The number of aryl methyl sites for hydroxylation is 1. The maximum atomic E-state index is 11.8. The average molecular weight is 392 g/mol. The van der Waals surface area contributed by atoms with E-state index >= 15 is 0 Å². The van der Waals surface area contributed by atoms with Gasteiger partial charge in [0.1, 0.15) is 12.4 Å². The number of pyridine rings is 1. The first-order valence-electron chi connectivity index (χ1n) is 10.4. The van der Waals surface area contributed by atoms with Crippen molar-refractivity contribution in [2.24, 2.45) is 13.0 Å². The lowest BCUT2D eigenvalue weighted by Crippen LogP contribution is -2.26. The average Bonchev–Trinajstić information content (AvgIpc) is 2.75. The molecule has 4 heteroatoms. The Labute approximate surface area is 172 Å². The number of ether oxygens (including phenoxy) is 2. The van der Waals surface area contributed by atoms with Gasteiger partial charge >= 0.3 is 0 Å². The molecule has 1 saturated carbocycles. The predicted octanol–water partition coefficient (Wildman–Crippen LogP) is 5.04. The zero-order valence-electron chi connectivity index (χ0n) is 17.4. The summed E-state index contributed by atoms with van der Waals surface area (Å²) in [7, 11) is 3.62. The lowest BCUT2D eigenvalue weighted by Gasteiger charge is -2.34. The Morgan fingerprint density at radius 2 is 1.93 bits per heavy atom. The van der Waals surface area contributed by atoms with Gasteiger partial charge in [-0.15, -0.1) is 0 Å². The Hall–Kier alpha value is -2.59. The van der Waals surface area contributed by atoms with E-state index in [0.717, 1.165) is 35.1 Å². The number of fused-ring (bicyclic) bond motifs is 1. The highest BCUT2D eigenvalue weighted by molar-refractivity contribution is 5.79. The van der Waals surface area contributed by atoms with E-state index in [2.05, 4.69) is 31.2 Å². The van der Waals surface area contributed by atoms with Gasteiger partial charge in [0, 0.05) is 20.2 Å². The number of hydrogen-bond donors (Lipinski definition) is 0. The Morgan fingerprint density at radius 1 is 1.07 bits per heavy atom. The lowest BCUT2D eigenvalue weighted by atomic mass is 9.75. The molecule has 152 valence electrons. The fraction of sp³-hybridized carbons (Fsp3) is 0.400. The van der Waals surface area contributed by atoms with Crippen LogP contribution in [0, 0.1) is 5.92 Å². The molecule has 2 aromatic carbocycles. The molecule has 4 nitrogen and oxygen atoms in total. The van der Waals surface area contributed by atoms with Gasteiger partial charge in [-0.1, -0.05) is 25.1 Å². The van der Waals surface area contributed by atoms with Gasteiger partial charge in [-0.25, -0.2) is 0 Å². The summed E-state index contributed by atoms with van der Waals surface area (Å²) in [6.45, 7) is 2.84. The quantitative estimate of drug-likeness (QED) is 0.612. The molecule has 1 aliphatic rings.